The minimum Gasteiger partial charge on any atom is -0.491 e. The summed E-state index contributed by atoms with van der Waals surface area (Å²) in [6.07, 6.45) is 1.33. The molecule has 0 spiro atoms. The van der Waals surface area contributed by atoms with Gasteiger partial charge in [0.1, 0.15) is 18.2 Å². The van der Waals surface area contributed by atoms with Gasteiger partial charge in [-0.3, -0.25) is 9.52 Å². The number of ether oxygens (including phenoxy) is 2. The van der Waals surface area contributed by atoms with Gasteiger partial charge >= 0.3 is 0 Å². The molecule has 1 aromatic heterocycles. The van der Waals surface area contributed by atoms with Gasteiger partial charge in [0.2, 0.25) is 0 Å². The number of carbonyl (C=O) groups is 1. The SMILES string of the molecule is COCCOc1ccc(S(=O)(=O)Nc2ccc(C(C)=O)cn2)cc1. The second kappa shape index (κ2) is 7.89. The van der Waals surface area contributed by atoms with E-state index < -0.39 is 10.0 Å². The van der Waals surface area contributed by atoms with Gasteiger partial charge < -0.3 is 9.47 Å². The highest BCUT2D eigenvalue weighted by Crippen LogP contribution is 2.18. The third kappa shape index (κ3) is 4.77. The molecule has 2 aromatic rings. The van der Waals surface area contributed by atoms with Crippen LogP contribution in [-0.4, -0.2) is 39.5 Å². The fourth-order valence-corrected chi connectivity index (χ4v) is 2.83. The lowest BCUT2D eigenvalue weighted by Gasteiger charge is -2.09. The van der Waals surface area contributed by atoms with Crippen LogP contribution in [0.15, 0.2) is 47.5 Å². The van der Waals surface area contributed by atoms with Crippen molar-refractivity contribution in [1.29, 1.82) is 0 Å². The Balaban J connectivity index is 2.08. The second-order valence-corrected chi connectivity index (χ2v) is 6.59. The van der Waals surface area contributed by atoms with E-state index in [4.69, 9.17) is 9.47 Å². The quantitative estimate of drug-likeness (QED) is 0.579. The standard InChI is InChI=1S/C16H18N2O5S/c1-12(19)13-3-8-16(17-11-13)18-24(20,21)15-6-4-14(5-7-15)23-10-9-22-2/h3-8,11H,9-10H2,1-2H3,(H,17,18). The van der Waals surface area contributed by atoms with Crippen LogP contribution >= 0.6 is 0 Å². The van der Waals surface area contributed by atoms with E-state index in [1.54, 1.807) is 19.2 Å². The number of nitrogens with zero attached hydrogens (tertiary/aromatic N) is 1. The number of pyridine rings is 1. The van der Waals surface area contributed by atoms with Crippen molar-refractivity contribution in [2.24, 2.45) is 0 Å². The molecule has 0 aliphatic heterocycles. The Hall–Kier alpha value is -2.45. The molecule has 0 aliphatic carbocycles. The summed E-state index contributed by atoms with van der Waals surface area (Å²) in [6.45, 7) is 2.24. The molecule has 0 amide bonds. The van der Waals surface area contributed by atoms with Crippen LogP contribution in [0.5, 0.6) is 5.75 Å². The van der Waals surface area contributed by atoms with Gasteiger partial charge in [-0.05, 0) is 43.3 Å². The van der Waals surface area contributed by atoms with Crippen molar-refractivity contribution in [3.05, 3.63) is 48.2 Å². The number of hydrogen-bond acceptors (Lipinski definition) is 6. The van der Waals surface area contributed by atoms with Gasteiger partial charge in [0.15, 0.2) is 5.78 Å². The maximum absolute atomic E-state index is 12.3. The molecule has 128 valence electrons. The first-order valence-corrected chi connectivity index (χ1v) is 8.62. The third-order valence-electron chi connectivity index (χ3n) is 3.10. The molecule has 1 N–H and O–H groups in total. The Bertz CT molecular complexity index is 786. The molecule has 0 bridgehead atoms. The average Bonchev–Trinajstić information content (AvgIpc) is 2.56. The predicted molar refractivity (Wildman–Crippen MR) is 88.9 cm³/mol. The Morgan fingerprint density at radius 2 is 1.83 bits per heavy atom. The van der Waals surface area contributed by atoms with E-state index in [0.717, 1.165) is 0 Å². The van der Waals surface area contributed by atoms with Gasteiger partial charge in [-0.15, -0.1) is 0 Å². The van der Waals surface area contributed by atoms with E-state index >= 15 is 0 Å². The number of sulfonamides is 1. The number of nitrogens with one attached hydrogen (secondary N) is 1. The molecule has 1 heterocycles. The zero-order valence-electron chi connectivity index (χ0n) is 13.4. The number of ketones is 1. The highest BCUT2D eigenvalue weighted by Gasteiger charge is 2.15. The van der Waals surface area contributed by atoms with Gasteiger partial charge in [-0.25, -0.2) is 13.4 Å². The van der Waals surface area contributed by atoms with Crippen LogP contribution in [0.2, 0.25) is 0 Å². The molecule has 0 aliphatic rings. The molecule has 0 unspecified atom stereocenters. The number of benzene rings is 1. The highest BCUT2D eigenvalue weighted by atomic mass is 32.2. The van der Waals surface area contributed by atoms with Crippen LogP contribution in [0, 0.1) is 0 Å². The minimum absolute atomic E-state index is 0.0824. The molecule has 8 heteroatoms. The first-order valence-electron chi connectivity index (χ1n) is 7.14. The molecule has 0 radical (unpaired) electrons. The van der Waals surface area contributed by atoms with Crippen molar-refractivity contribution in [2.45, 2.75) is 11.8 Å². The van der Waals surface area contributed by atoms with E-state index in [-0.39, 0.29) is 16.5 Å². The van der Waals surface area contributed by atoms with Crippen LogP contribution < -0.4 is 9.46 Å². The maximum Gasteiger partial charge on any atom is 0.263 e. The second-order valence-electron chi connectivity index (χ2n) is 4.91. The van der Waals surface area contributed by atoms with E-state index in [1.165, 1.54) is 37.4 Å². The summed E-state index contributed by atoms with van der Waals surface area (Å²) in [5, 5.41) is 0. The molecule has 0 saturated carbocycles. The first-order chi connectivity index (χ1) is 11.4. The maximum atomic E-state index is 12.3. The Morgan fingerprint density at radius 1 is 1.12 bits per heavy atom. The summed E-state index contributed by atoms with van der Waals surface area (Å²) in [7, 11) is -2.19. The summed E-state index contributed by atoms with van der Waals surface area (Å²) in [5.41, 5.74) is 0.413. The Labute approximate surface area is 140 Å². The van der Waals surface area contributed by atoms with E-state index in [0.29, 0.717) is 24.5 Å². The number of hydrogen-bond donors (Lipinski definition) is 1. The fraction of sp³-hybridized carbons (Fsp3) is 0.250. The largest absolute Gasteiger partial charge is 0.491 e. The van der Waals surface area contributed by atoms with E-state index in [2.05, 4.69) is 9.71 Å². The van der Waals surface area contributed by atoms with Crippen LogP contribution in [0.3, 0.4) is 0 Å². The van der Waals surface area contributed by atoms with Gasteiger partial charge in [0.05, 0.1) is 11.5 Å². The molecular formula is C16H18N2O5S. The monoisotopic (exact) mass is 350 g/mol. The van der Waals surface area contributed by atoms with Crippen LogP contribution in [-0.2, 0) is 14.8 Å². The summed E-state index contributed by atoms with van der Waals surface area (Å²) < 4.78 is 37.2. The molecule has 0 saturated heterocycles. The molecular weight excluding hydrogens is 332 g/mol. The summed E-state index contributed by atoms with van der Waals surface area (Å²) >= 11 is 0. The Kier molecular flexibility index (Phi) is 5.88. The number of aromatic nitrogens is 1. The summed E-state index contributed by atoms with van der Waals surface area (Å²) in [5.74, 6) is 0.552. The number of Topliss-reactive ketones (excluding diaryl/α,β-unsaturated/α-hetero) is 1. The van der Waals surface area contributed by atoms with Crippen LogP contribution in [0.1, 0.15) is 17.3 Å². The number of rotatable bonds is 8. The predicted octanol–water partition coefficient (Wildman–Crippen LogP) is 2.11. The molecule has 0 atom stereocenters. The minimum atomic E-state index is -3.77. The van der Waals surface area contributed by atoms with Crippen molar-refractivity contribution in [3.63, 3.8) is 0 Å². The lowest BCUT2D eigenvalue weighted by molar-refractivity contribution is 0.101. The smallest absolute Gasteiger partial charge is 0.263 e. The van der Waals surface area contributed by atoms with Gasteiger partial charge in [-0.2, -0.15) is 0 Å². The van der Waals surface area contributed by atoms with Gasteiger partial charge in [0, 0.05) is 18.9 Å². The van der Waals surface area contributed by atoms with E-state index in [1.807, 2.05) is 0 Å². The van der Waals surface area contributed by atoms with Gasteiger partial charge in [-0.1, -0.05) is 0 Å². The van der Waals surface area contributed by atoms with Crippen LogP contribution in [0.4, 0.5) is 5.82 Å². The van der Waals surface area contributed by atoms with Crippen molar-refractivity contribution >= 4 is 21.6 Å². The summed E-state index contributed by atoms with van der Waals surface area (Å²) in [6, 6.07) is 8.96. The Morgan fingerprint density at radius 3 is 2.38 bits per heavy atom. The van der Waals surface area contributed by atoms with Crippen molar-refractivity contribution in [2.75, 3.05) is 25.0 Å². The highest BCUT2D eigenvalue weighted by molar-refractivity contribution is 7.92. The van der Waals surface area contributed by atoms with Crippen molar-refractivity contribution < 1.29 is 22.7 Å². The van der Waals surface area contributed by atoms with Crippen molar-refractivity contribution in [1.82, 2.24) is 4.98 Å². The average molecular weight is 350 g/mol. The topological polar surface area (TPSA) is 94.6 Å². The zero-order valence-corrected chi connectivity index (χ0v) is 14.2. The van der Waals surface area contributed by atoms with Gasteiger partial charge in [0.25, 0.3) is 10.0 Å². The lowest BCUT2D eigenvalue weighted by Crippen LogP contribution is -2.14. The molecule has 24 heavy (non-hydrogen) atoms. The van der Waals surface area contributed by atoms with E-state index in [9.17, 15) is 13.2 Å². The van der Waals surface area contributed by atoms with Crippen LogP contribution in [0.25, 0.3) is 0 Å². The lowest BCUT2D eigenvalue weighted by atomic mass is 10.2. The molecule has 0 fully saturated rings. The number of carbonyl (C=O) groups excluding carboxylic acids is 1. The van der Waals surface area contributed by atoms with Crippen molar-refractivity contribution in [3.8, 4) is 5.75 Å². The zero-order chi connectivity index (χ0) is 17.6. The number of anilines is 1. The number of methoxy groups -OCH3 is 1. The summed E-state index contributed by atoms with van der Waals surface area (Å²) in [4.78, 5) is 15.2. The fourth-order valence-electron chi connectivity index (χ4n) is 1.82. The molecule has 1 aromatic carbocycles. The molecule has 2 rings (SSSR count). The first kappa shape index (κ1) is 17.9. The molecule has 7 nitrogen and oxygen atoms in total. The normalized spacial score (nSPS) is 11.1. The third-order valence-corrected chi connectivity index (χ3v) is 4.47.